The van der Waals surface area contributed by atoms with Gasteiger partial charge in [-0.3, -0.25) is 10.2 Å². The number of carbonyl (C=O) groups excluding carboxylic acids is 1. The molecule has 0 amide bonds. The van der Waals surface area contributed by atoms with E-state index in [1.807, 2.05) is 24.3 Å². The minimum absolute atomic E-state index is 0.0478. The van der Waals surface area contributed by atoms with Crippen molar-refractivity contribution in [1.82, 2.24) is 4.98 Å². The van der Waals surface area contributed by atoms with Crippen molar-refractivity contribution in [3.8, 4) is 0 Å². The van der Waals surface area contributed by atoms with Gasteiger partial charge in [0, 0.05) is 18.0 Å². The first-order chi connectivity index (χ1) is 9.93. The highest BCUT2D eigenvalue weighted by Gasteiger charge is 2.20. The number of pyridine rings is 1. The highest BCUT2D eigenvalue weighted by atomic mass is 16.5. The van der Waals surface area contributed by atoms with Crippen LogP contribution in [0.5, 0.6) is 0 Å². The van der Waals surface area contributed by atoms with Crippen molar-refractivity contribution >= 4 is 12.0 Å². The van der Waals surface area contributed by atoms with E-state index < -0.39 is 6.04 Å². The summed E-state index contributed by atoms with van der Waals surface area (Å²) in [5.74, 6) is 0. The molecule has 0 fully saturated rings. The second-order valence-corrected chi connectivity index (χ2v) is 6.01. The first-order valence-electron chi connectivity index (χ1n) is 6.87. The monoisotopic (exact) mass is 284 g/mol. The van der Waals surface area contributed by atoms with E-state index in [4.69, 9.17) is 0 Å². The molecule has 1 heterocycles. The van der Waals surface area contributed by atoms with E-state index in [2.05, 4.69) is 25.8 Å². The highest BCUT2D eigenvalue weighted by molar-refractivity contribution is 5.67. The molecule has 0 saturated carbocycles. The predicted molar refractivity (Wildman–Crippen MR) is 82.4 cm³/mol. The summed E-state index contributed by atoms with van der Waals surface area (Å²) < 4.78 is 0. The van der Waals surface area contributed by atoms with E-state index in [0.29, 0.717) is 17.5 Å². The molecule has 0 saturated heterocycles. The second kappa shape index (κ2) is 6.06. The lowest BCUT2D eigenvalue weighted by Crippen LogP contribution is -2.26. The lowest BCUT2D eigenvalue weighted by molar-refractivity contribution is -0.110. The van der Waals surface area contributed by atoms with Crippen LogP contribution in [0.25, 0.3) is 0 Å². The molecule has 1 unspecified atom stereocenters. The number of benzene rings is 1. The van der Waals surface area contributed by atoms with Gasteiger partial charge in [0.2, 0.25) is 0 Å². The Morgan fingerprint density at radius 1 is 1.19 bits per heavy atom. The summed E-state index contributed by atoms with van der Waals surface area (Å²) in [6.07, 6.45) is 3.91. The van der Waals surface area contributed by atoms with Gasteiger partial charge >= 0.3 is 0 Å². The van der Waals surface area contributed by atoms with Crippen molar-refractivity contribution in [2.45, 2.75) is 32.2 Å². The molecule has 0 aliphatic rings. The summed E-state index contributed by atoms with van der Waals surface area (Å²) in [4.78, 5) is 15.3. The fourth-order valence-electron chi connectivity index (χ4n) is 2.10. The molecular weight excluding hydrogens is 264 g/mol. The Balaban J connectivity index is 2.26. The maximum atomic E-state index is 11.3. The van der Waals surface area contributed by atoms with Gasteiger partial charge in [0.05, 0.1) is 5.69 Å². The number of anilines is 1. The largest absolute Gasteiger partial charge is 0.301 e. The summed E-state index contributed by atoms with van der Waals surface area (Å²) >= 11 is 0. The fraction of sp³-hybridized carbons (Fsp3) is 0.294. The van der Waals surface area contributed by atoms with Gasteiger partial charge in [-0.1, -0.05) is 39.0 Å². The van der Waals surface area contributed by atoms with Gasteiger partial charge in [-0.15, -0.1) is 0 Å². The van der Waals surface area contributed by atoms with E-state index in [-0.39, 0.29) is 5.41 Å². The Hall–Kier alpha value is -2.20. The predicted octanol–water partition coefficient (Wildman–Crippen LogP) is 3.51. The van der Waals surface area contributed by atoms with Gasteiger partial charge in [-0.05, 0) is 29.2 Å². The molecule has 1 N–H and O–H groups in total. The van der Waals surface area contributed by atoms with Crippen LogP contribution in [0.4, 0.5) is 5.69 Å². The standard InChI is InChI=1S/C17H20N2O2/c1-17(2,3)14-6-8-15(9-7-14)19(21)16(12-20)13-5-4-10-18-11-13/h4-12,16,21H,1-3H3. The molecule has 0 radical (unpaired) electrons. The van der Waals surface area contributed by atoms with Crippen LogP contribution < -0.4 is 5.06 Å². The van der Waals surface area contributed by atoms with Crippen LogP contribution in [0.15, 0.2) is 48.8 Å². The summed E-state index contributed by atoms with van der Waals surface area (Å²) in [5.41, 5.74) is 2.44. The van der Waals surface area contributed by atoms with Crippen molar-refractivity contribution < 1.29 is 10.0 Å². The lowest BCUT2D eigenvalue weighted by atomic mass is 9.87. The molecule has 0 bridgehead atoms. The SMILES string of the molecule is CC(C)(C)c1ccc(N(O)C(C=O)c2cccnc2)cc1. The van der Waals surface area contributed by atoms with Gasteiger partial charge in [0.15, 0.2) is 0 Å². The number of aldehydes is 1. The van der Waals surface area contributed by atoms with E-state index in [1.54, 1.807) is 24.5 Å². The summed E-state index contributed by atoms with van der Waals surface area (Å²) in [5, 5.41) is 11.3. The molecule has 1 aromatic carbocycles. The number of carbonyl (C=O) groups is 1. The van der Waals surface area contributed by atoms with Crippen molar-refractivity contribution in [2.75, 3.05) is 5.06 Å². The molecule has 21 heavy (non-hydrogen) atoms. The number of hydrogen-bond donors (Lipinski definition) is 1. The van der Waals surface area contributed by atoms with Crippen molar-refractivity contribution in [3.05, 3.63) is 59.9 Å². The molecule has 0 aliphatic heterocycles. The Morgan fingerprint density at radius 3 is 2.33 bits per heavy atom. The minimum Gasteiger partial charge on any atom is -0.301 e. The van der Waals surface area contributed by atoms with Crippen LogP contribution in [0, 0.1) is 0 Å². The average molecular weight is 284 g/mol. The zero-order chi connectivity index (χ0) is 15.5. The van der Waals surface area contributed by atoms with Crippen LogP contribution in [0.3, 0.4) is 0 Å². The van der Waals surface area contributed by atoms with E-state index >= 15 is 0 Å². The molecule has 1 aromatic heterocycles. The zero-order valence-corrected chi connectivity index (χ0v) is 12.5. The smallest absolute Gasteiger partial charge is 0.149 e. The summed E-state index contributed by atoms with van der Waals surface area (Å²) in [6.45, 7) is 6.38. The topological polar surface area (TPSA) is 53.4 Å². The molecule has 110 valence electrons. The van der Waals surface area contributed by atoms with Gasteiger partial charge in [0.25, 0.3) is 0 Å². The second-order valence-electron chi connectivity index (χ2n) is 6.01. The van der Waals surface area contributed by atoms with Crippen LogP contribution >= 0.6 is 0 Å². The molecule has 4 heteroatoms. The Morgan fingerprint density at radius 2 is 1.86 bits per heavy atom. The van der Waals surface area contributed by atoms with Crippen LogP contribution in [0.1, 0.15) is 37.9 Å². The van der Waals surface area contributed by atoms with Crippen molar-refractivity contribution in [3.63, 3.8) is 0 Å². The third-order valence-electron chi connectivity index (χ3n) is 3.42. The van der Waals surface area contributed by atoms with Gasteiger partial charge < -0.3 is 4.79 Å². The third kappa shape index (κ3) is 3.47. The number of rotatable bonds is 4. The zero-order valence-electron chi connectivity index (χ0n) is 12.5. The number of aromatic nitrogens is 1. The molecule has 0 spiro atoms. The van der Waals surface area contributed by atoms with E-state index in [1.165, 1.54) is 5.56 Å². The normalized spacial score (nSPS) is 12.8. The van der Waals surface area contributed by atoms with Crippen LogP contribution in [0.2, 0.25) is 0 Å². The Bertz CT molecular complexity index is 588. The first kappa shape index (κ1) is 15.2. The summed E-state index contributed by atoms with van der Waals surface area (Å²) in [7, 11) is 0. The van der Waals surface area contributed by atoms with Crippen molar-refractivity contribution in [2.24, 2.45) is 0 Å². The highest BCUT2D eigenvalue weighted by Crippen LogP contribution is 2.27. The van der Waals surface area contributed by atoms with Crippen LogP contribution in [-0.4, -0.2) is 16.5 Å². The average Bonchev–Trinajstić information content (AvgIpc) is 2.48. The minimum atomic E-state index is -0.765. The quantitative estimate of drug-likeness (QED) is 0.689. The Labute approximate surface area is 125 Å². The van der Waals surface area contributed by atoms with Gasteiger partial charge in [0.1, 0.15) is 12.3 Å². The molecular formula is C17H20N2O2. The Kier molecular flexibility index (Phi) is 4.38. The van der Waals surface area contributed by atoms with Crippen LogP contribution in [-0.2, 0) is 10.2 Å². The number of hydroxylamine groups is 1. The fourth-order valence-corrected chi connectivity index (χ4v) is 2.10. The first-order valence-corrected chi connectivity index (χ1v) is 6.87. The molecule has 2 rings (SSSR count). The molecule has 1 atom stereocenters. The summed E-state index contributed by atoms with van der Waals surface area (Å²) in [6, 6.07) is 10.3. The van der Waals surface area contributed by atoms with E-state index in [0.717, 1.165) is 5.06 Å². The molecule has 0 aliphatic carbocycles. The van der Waals surface area contributed by atoms with Gasteiger partial charge in [-0.2, -0.15) is 0 Å². The number of nitrogens with zero attached hydrogens (tertiary/aromatic N) is 2. The van der Waals surface area contributed by atoms with Crippen molar-refractivity contribution in [1.29, 1.82) is 0 Å². The number of hydrogen-bond acceptors (Lipinski definition) is 4. The third-order valence-corrected chi connectivity index (χ3v) is 3.42. The maximum Gasteiger partial charge on any atom is 0.149 e. The lowest BCUT2D eigenvalue weighted by Gasteiger charge is -2.25. The molecule has 4 nitrogen and oxygen atoms in total. The molecule has 2 aromatic rings. The van der Waals surface area contributed by atoms with Gasteiger partial charge in [-0.25, -0.2) is 5.06 Å². The van der Waals surface area contributed by atoms with E-state index in [9.17, 15) is 10.0 Å². The maximum absolute atomic E-state index is 11.3.